The van der Waals surface area contributed by atoms with Crippen molar-refractivity contribution in [1.82, 2.24) is 5.32 Å². The molecule has 0 saturated carbocycles. The van der Waals surface area contributed by atoms with E-state index < -0.39 is 0 Å². The standard InChI is InChI=1S/C11H23NO2/c1-9(8-13-4)12-10-5-6-14-11(2,3)7-10/h9-10,12H,5-8H2,1-4H3. The Balaban J connectivity index is 2.30. The highest BCUT2D eigenvalue weighted by Gasteiger charge is 2.29. The van der Waals surface area contributed by atoms with Gasteiger partial charge in [0.15, 0.2) is 0 Å². The van der Waals surface area contributed by atoms with E-state index in [0.717, 1.165) is 26.1 Å². The van der Waals surface area contributed by atoms with Crippen molar-refractivity contribution in [3.8, 4) is 0 Å². The van der Waals surface area contributed by atoms with Gasteiger partial charge in [0.1, 0.15) is 0 Å². The highest BCUT2D eigenvalue weighted by molar-refractivity contribution is 4.84. The van der Waals surface area contributed by atoms with Gasteiger partial charge in [0.05, 0.1) is 12.2 Å². The van der Waals surface area contributed by atoms with Gasteiger partial charge in [0.25, 0.3) is 0 Å². The average Bonchev–Trinajstić information content (AvgIpc) is 2.02. The minimum absolute atomic E-state index is 0.0305. The molecule has 3 heteroatoms. The number of ether oxygens (including phenoxy) is 2. The molecule has 84 valence electrons. The van der Waals surface area contributed by atoms with Crippen LogP contribution in [-0.2, 0) is 9.47 Å². The summed E-state index contributed by atoms with van der Waals surface area (Å²) in [6, 6.07) is 1.00. The molecule has 3 nitrogen and oxygen atoms in total. The number of methoxy groups -OCH3 is 1. The summed E-state index contributed by atoms with van der Waals surface area (Å²) in [4.78, 5) is 0. The molecule has 0 aliphatic carbocycles. The molecular formula is C11H23NO2. The first-order chi connectivity index (χ1) is 6.53. The number of nitrogens with one attached hydrogen (secondary N) is 1. The van der Waals surface area contributed by atoms with E-state index in [1.165, 1.54) is 0 Å². The van der Waals surface area contributed by atoms with Gasteiger partial charge in [-0.05, 0) is 33.6 Å². The summed E-state index contributed by atoms with van der Waals surface area (Å²) in [7, 11) is 1.74. The quantitative estimate of drug-likeness (QED) is 0.749. The second-order valence-electron chi connectivity index (χ2n) is 4.82. The molecule has 0 spiro atoms. The Bertz CT molecular complexity index is 171. The van der Waals surface area contributed by atoms with Gasteiger partial charge in [0.2, 0.25) is 0 Å². The second-order valence-corrected chi connectivity index (χ2v) is 4.82. The van der Waals surface area contributed by atoms with Crippen LogP contribution in [0, 0.1) is 0 Å². The fourth-order valence-corrected chi connectivity index (χ4v) is 2.07. The van der Waals surface area contributed by atoms with Crippen molar-refractivity contribution in [3.63, 3.8) is 0 Å². The topological polar surface area (TPSA) is 30.5 Å². The monoisotopic (exact) mass is 201 g/mol. The van der Waals surface area contributed by atoms with Crippen LogP contribution >= 0.6 is 0 Å². The maximum atomic E-state index is 5.67. The van der Waals surface area contributed by atoms with Crippen molar-refractivity contribution < 1.29 is 9.47 Å². The second kappa shape index (κ2) is 5.10. The van der Waals surface area contributed by atoms with Gasteiger partial charge in [-0.25, -0.2) is 0 Å². The largest absolute Gasteiger partial charge is 0.383 e. The fourth-order valence-electron chi connectivity index (χ4n) is 2.07. The van der Waals surface area contributed by atoms with E-state index in [-0.39, 0.29) is 5.60 Å². The van der Waals surface area contributed by atoms with E-state index >= 15 is 0 Å². The van der Waals surface area contributed by atoms with Crippen LogP contribution in [0.2, 0.25) is 0 Å². The van der Waals surface area contributed by atoms with Crippen molar-refractivity contribution in [1.29, 1.82) is 0 Å². The SMILES string of the molecule is COCC(C)NC1CCOC(C)(C)C1. The fraction of sp³-hybridized carbons (Fsp3) is 1.00. The summed E-state index contributed by atoms with van der Waals surface area (Å²) in [6.07, 6.45) is 2.19. The predicted octanol–water partition coefficient (Wildman–Crippen LogP) is 1.57. The molecule has 0 aromatic rings. The normalized spacial score (nSPS) is 28.7. The van der Waals surface area contributed by atoms with Crippen LogP contribution in [0.5, 0.6) is 0 Å². The van der Waals surface area contributed by atoms with Gasteiger partial charge in [-0.2, -0.15) is 0 Å². The Morgan fingerprint density at radius 2 is 2.29 bits per heavy atom. The molecule has 1 heterocycles. The maximum absolute atomic E-state index is 5.67. The summed E-state index contributed by atoms with van der Waals surface area (Å²) < 4.78 is 10.8. The van der Waals surface area contributed by atoms with Crippen LogP contribution in [0.25, 0.3) is 0 Å². The molecular weight excluding hydrogens is 178 g/mol. The lowest BCUT2D eigenvalue weighted by Crippen LogP contribution is -2.47. The van der Waals surface area contributed by atoms with Gasteiger partial charge in [-0.1, -0.05) is 0 Å². The first kappa shape index (κ1) is 12.0. The third-order valence-electron chi connectivity index (χ3n) is 2.63. The minimum atomic E-state index is 0.0305. The summed E-state index contributed by atoms with van der Waals surface area (Å²) in [5.41, 5.74) is 0.0305. The third-order valence-corrected chi connectivity index (χ3v) is 2.63. The Morgan fingerprint density at radius 3 is 2.86 bits per heavy atom. The summed E-state index contributed by atoms with van der Waals surface area (Å²) >= 11 is 0. The van der Waals surface area contributed by atoms with Crippen LogP contribution in [0.4, 0.5) is 0 Å². The molecule has 0 amide bonds. The summed E-state index contributed by atoms with van der Waals surface area (Å²) in [6.45, 7) is 8.11. The Labute approximate surface area is 87.2 Å². The number of rotatable bonds is 4. The maximum Gasteiger partial charge on any atom is 0.0641 e. The zero-order chi connectivity index (χ0) is 10.6. The molecule has 2 unspecified atom stereocenters. The van der Waals surface area contributed by atoms with Crippen molar-refractivity contribution in [2.45, 2.75) is 51.3 Å². The van der Waals surface area contributed by atoms with Gasteiger partial charge in [-0.15, -0.1) is 0 Å². The molecule has 1 N–H and O–H groups in total. The molecule has 0 radical (unpaired) electrons. The lowest BCUT2D eigenvalue weighted by molar-refractivity contribution is -0.0647. The lowest BCUT2D eigenvalue weighted by Gasteiger charge is -2.37. The third kappa shape index (κ3) is 3.95. The van der Waals surface area contributed by atoms with Gasteiger partial charge in [-0.3, -0.25) is 0 Å². The van der Waals surface area contributed by atoms with E-state index in [1.807, 2.05) is 0 Å². The van der Waals surface area contributed by atoms with Crippen molar-refractivity contribution in [2.75, 3.05) is 20.3 Å². The summed E-state index contributed by atoms with van der Waals surface area (Å²) in [5.74, 6) is 0. The average molecular weight is 201 g/mol. The first-order valence-corrected chi connectivity index (χ1v) is 5.42. The van der Waals surface area contributed by atoms with Crippen LogP contribution in [0.15, 0.2) is 0 Å². The van der Waals surface area contributed by atoms with Gasteiger partial charge >= 0.3 is 0 Å². The van der Waals surface area contributed by atoms with Crippen LogP contribution in [0.1, 0.15) is 33.6 Å². The molecule has 14 heavy (non-hydrogen) atoms. The molecule has 0 bridgehead atoms. The van der Waals surface area contributed by atoms with E-state index in [1.54, 1.807) is 7.11 Å². The predicted molar refractivity (Wildman–Crippen MR) is 57.5 cm³/mol. The molecule has 1 aliphatic rings. The Morgan fingerprint density at radius 1 is 1.57 bits per heavy atom. The molecule has 1 saturated heterocycles. The number of hydrogen-bond acceptors (Lipinski definition) is 3. The van der Waals surface area contributed by atoms with E-state index in [0.29, 0.717) is 12.1 Å². The van der Waals surface area contributed by atoms with E-state index in [4.69, 9.17) is 9.47 Å². The van der Waals surface area contributed by atoms with Crippen molar-refractivity contribution in [3.05, 3.63) is 0 Å². The van der Waals surface area contributed by atoms with Crippen molar-refractivity contribution in [2.24, 2.45) is 0 Å². The van der Waals surface area contributed by atoms with Crippen LogP contribution in [-0.4, -0.2) is 38.0 Å². The summed E-state index contributed by atoms with van der Waals surface area (Å²) in [5, 5.41) is 3.57. The molecule has 1 rings (SSSR count). The number of hydrogen-bond donors (Lipinski definition) is 1. The minimum Gasteiger partial charge on any atom is -0.383 e. The molecule has 2 atom stereocenters. The van der Waals surface area contributed by atoms with Crippen LogP contribution < -0.4 is 5.32 Å². The zero-order valence-electron chi connectivity index (χ0n) is 9.80. The molecule has 1 aliphatic heterocycles. The lowest BCUT2D eigenvalue weighted by atomic mass is 9.93. The Kier molecular flexibility index (Phi) is 4.35. The smallest absolute Gasteiger partial charge is 0.0641 e. The Hall–Kier alpha value is -0.120. The van der Waals surface area contributed by atoms with Gasteiger partial charge in [0, 0.05) is 25.8 Å². The highest BCUT2D eigenvalue weighted by atomic mass is 16.5. The highest BCUT2D eigenvalue weighted by Crippen LogP contribution is 2.24. The molecule has 0 aromatic carbocycles. The van der Waals surface area contributed by atoms with Gasteiger partial charge < -0.3 is 14.8 Å². The first-order valence-electron chi connectivity index (χ1n) is 5.42. The zero-order valence-corrected chi connectivity index (χ0v) is 9.80. The molecule has 1 fully saturated rings. The molecule has 0 aromatic heterocycles. The van der Waals surface area contributed by atoms with Crippen LogP contribution in [0.3, 0.4) is 0 Å². The van der Waals surface area contributed by atoms with E-state index in [9.17, 15) is 0 Å². The van der Waals surface area contributed by atoms with Crippen molar-refractivity contribution >= 4 is 0 Å². The van der Waals surface area contributed by atoms with E-state index in [2.05, 4.69) is 26.1 Å².